The molecule has 0 aromatic heterocycles. The second-order valence-corrected chi connectivity index (χ2v) is 23.4. The number of carbonyl (C=O) groups is 2. The largest absolute Gasteiger partial charge is 0.756 e. The lowest BCUT2D eigenvalue weighted by molar-refractivity contribution is -0.870. The molecule has 0 aliphatic rings. The van der Waals surface area contributed by atoms with E-state index in [4.69, 9.17) is 18.5 Å². The summed E-state index contributed by atoms with van der Waals surface area (Å²) in [6.07, 6.45) is 76.4. The van der Waals surface area contributed by atoms with Gasteiger partial charge in [0.1, 0.15) is 19.8 Å². The van der Waals surface area contributed by atoms with Crippen molar-refractivity contribution in [1.82, 2.24) is 0 Å². The van der Waals surface area contributed by atoms with Crippen LogP contribution in [0.25, 0.3) is 0 Å². The van der Waals surface area contributed by atoms with E-state index in [-0.39, 0.29) is 26.1 Å². The van der Waals surface area contributed by atoms with Crippen molar-refractivity contribution in [1.29, 1.82) is 0 Å². The van der Waals surface area contributed by atoms with Gasteiger partial charge in [0.2, 0.25) is 0 Å². The highest BCUT2D eigenvalue weighted by atomic mass is 31.2. The molecule has 0 aromatic carbocycles. The second kappa shape index (κ2) is 56.9. The molecule has 9 nitrogen and oxygen atoms in total. The lowest BCUT2D eigenvalue weighted by Crippen LogP contribution is -2.37. The molecule has 0 radical (unpaired) electrons. The van der Waals surface area contributed by atoms with Crippen LogP contribution in [0.4, 0.5) is 0 Å². The Balaban J connectivity index is 4.10. The third-order valence-corrected chi connectivity index (χ3v) is 14.4. The molecule has 76 heavy (non-hydrogen) atoms. The first-order valence-corrected chi connectivity index (χ1v) is 32.8. The van der Waals surface area contributed by atoms with Gasteiger partial charge in [-0.2, -0.15) is 0 Å². The highest BCUT2D eigenvalue weighted by Gasteiger charge is 2.22. The summed E-state index contributed by atoms with van der Waals surface area (Å²) in [6.45, 7) is 4.12. The summed E-state index contributed by atoms with van der Waals surface area (Å²) in [7, 11) is 1.16. The zero-order valence-corrected chi connectivity index (χ0v) is 50.8. The molecule has 0 N–H and O–H groups in total. The molecule has 0 amide bonds. The third kappa shape index (κ3) is 60.4. The molecule has 2 unspecified atom stereocenters. The van der Waals surface area contributed by atoms with Crippen LogP contribution in [-0.2, 0) is 32.7 Å². The van der Waals surface area contributed by atoms with E-state index in [9.17, 15) is 19.0 Å². The predicted molar refractivity (Wildman–Crippen MR) is 323 cm³/mol. The molecular formula is C66H118NO8P. The fourth-order valence-electron chi connectivity index (χ4n) is 8.60. The van der Waals surface area contributed by atoms with Gasteiger partial charge in [-0.1, -0.05) is 253 Å². The van der Waals surface area contributed by atoms with Crippen LogP contribution in [0, 0.1) is 0 Å². The summed E-state index contributed by atoms with van der Waals surface area (Å²) in [6, 6.07) is 0. The van der Waals surface area contributed by atoms with Gasteiger partial charge in [-0.05, 0) is 89.9 Å². The molecule has 0 bridgehead atoms. The van der Waals surface area contributed by atoms with Crippen LogP contribution < -0.4 is 4.89 Å². The van der Waals surface area contributed by atoms with Gasteiger partial charge in [0.15, 0.2) is 6.10 Å². The molecule has 0 aromatic rings. The number of carbonyl (C=O) groups excluding carboxylic acids is 2. The summed E-state index contributed by atoms with van der Waals surface area (Å²) < 4.78 is 34.2. The monoisotopic (exact) mass is 1080 g/mol. The number of hydrogen-bond acceptors (Lipinski definition) is 8. The maximum Gasteiger partial charge on any atom is 0.306 e. The number of unbranched alkanes of at least 4 members (excludes halogenated alkanes) is 29. The number of allylic oxidation sites excluding steroid dienone is 14. The number of quaternary nitrogens is 1. The van der Waals surface area contributed by atoms with Gasteiger partial charge in [0.25, 0.3) is 7.82 Å². The molecule has 0 saturated carbocycles. The minimum absolute atomic E-state index is 0.0352. The predicted octanol–water partition coefficient (Wildman–Crippen LogP) is 19.2. The van der Waals surface area contributed by atoms with E-state index in [1.165, 1.54) is 148 Å². The fraction of sp³-hybridized carbons (Fsp3) is 0.758. The number of hydrogen-bond donors (Lipinski definition) is 0. The van der Waals surface area contributed by atoms with Crippen molar-refractivity contribution in [2.45, 2.75) is 277 Å². The minimum atomic E-state index is -4.64. The number of nitrogens with zero attached hydrogens (tertiary/aromatic N) is 1. The first kappa shape index (κ1) is 73.2. The molecule has 0 aliphatic heterocycles. The van der Waals surface area contributed by atoms with Crippen LogP contribution >= 0.6 is 7.82 Å². The summed E-state index contributed by atoms with van der Waals surface area (Å²) in [4.78, 5) is 37.9. The maximum absolute atomic E-state index is 12.8. The summed E-state index contributed by atoms with van der Waals surface area (Å²) in [5.74, 6) is -0.842. The number of likely N-dealkylation sites (N-methyl/N-ethyl adjacent to an activating group) is 1. The van der Waals surface area contributed by atoms with E-state index >= 15 is 0 Å². The van der Waals surface area contributed by atoms with Crippen molar-refractivity contribution in [3.8, 4) is 0 Å². The molecule has 0 rings (SSSR count). The number of phosphoric ester groups is 1. The normalized spacial score (nSPS) is 13.8. The smallest absolute Gasteiger partial charge is 0.306 e. The van der Waals surface area contributed by atoms with Crippen LogP contribution in [0.3, 0.4) is 0 Å². The van der Waals surface area contributed by atoms with Gasteiger partial charge >= 0.3 is 11.9 Å². The van der Waals surface area contributed by atoms with Crippen LogP contribution in [-0.4, -0.2) is 70.0 Å². The molecule has 0 spiro atoms. The molecular weight excluding hydrogens is 966 g/mol. The molecule has 440 valence electrons. The Morgan fingerprint density at radius 3 is 1.12 bits per heavy atom. The Hall–Kier alpha value is -2.81. The molecule has 0 aliphatic carbocycles. The van der Waals surface area contributed by atoms with Crippen LogP contribution in [0.2, 0.25) is 0 Å². The van der Waals surface area contributed by atoms with Crippen LogP contribution in [0.15, 0.2) is 85.1 Å². The first-order valence-electron chi connectivity index (χ1n) is 31.3. The Morgan fingerprint density at radius 2 is 0.750 bits per heavy atom. The second-order valence-electron chi connectivity index (χ2n) is 22.0. The zero-order chi connectivity index (χ0) is 55.6. The number of phosphoric acid groups is 1. The van der Waals surface area contributed by atoms with E-state index in [0.29, 0.717) is 23.9 Å². The Morgan fingerprint density at radius 1 is 0.421 bits per heavy atom. The quantitative estimate of drug-likeness (QED) is 0.0195. The first-order chi connectivity index (χ1) is 37.0. The number of ether oxygens (including phenoxy) is 2. The van der Waals surface area contributed by atoms with E-state index in [0.717, 1.165) is 83.5 Å². The Kier molecular flexibility index (Phi) is 54.8. The molecule has 0 fully saturated rings. The van der Waals surface area contributed by atoms with Crippen molar-refractivity contribution in [3.63, 3.8) is 0 Å². The summed E-state index contributed by atoms with van der Waals surface area (Å²) in [5, 5.41) is 0. The number of rotatable bonds is 57. The van der Waals surface area contributed by atoms with Crippen molar-refractivity contribution < 1.29 is 42.1 Å². The average molecular weight is 1080 g/mol. The highest BCUT2D eigenvalue weighted by molar-refractivity contribution is 7.45. The lowest BCUT2D eigenvalue weighted by Gasteiger charge is -2.28. The molecule has 10 heteroatoms. The van der Waals surface area contributed by atoms with E-state index in [2.05, 4.69) is 98.9 Å². The van der Waals surface area contributed by atoms with Gasteiger partial charge in [0, 0.05) is 12.8 Å². The summed E-state index contributed by atoms with van der Waals surface area (Å²) >= 11 is 0. The third-order valence-electron chi connectivity index (χ3n) is 13.4. The maximum atomic E-state index is 12.8. The van der Waals surface area contributed by atoms with Crippen LogP contribution in [0.1, 0.15) is 271 Å². The molecule has 2 atom stereocenters. The number of esters is 2. The van der Waals surface area contributed by atoms with Gasteiger partial charge in [-0.15, -0.1) is 0 Å². The van der Waals surface area contributed by atoms with Crippen molar-refractivity contribution in [2.24, 2.45) is 0 Å². The van der Waals surface area contributed by atoms with Gasteiger partial charge in [-0.3, -0.25) is 14.2 Å². The van der Waals surface area contributed by atoms with Gasteiger partial charge in [-0.25, -0.2) is 0 Å². The van der Waals surface area contributed by atoms with Gasteiger partial charge < -0.3 is 27.9 Å². The Bertz CT molecular complexity index is 1560. The van der Waals surface area contributed by atoms with Gasteiger partial charge in [0.05, 0.1) is 27.7 Å². The standard InChI is InChI=1S/C66H118NO8P/c1-6-8-10-12-14-16-18-20-22-24-26-28-29-30-31-32-33-34-35-36-37-39-41-43-45-47-49-51-53-55-57-59-66(69)75-64(63-74-76(70,71)73-61-60-67(3,4)5)62-72-65(68)58-56-54-52-50-48-46-44-42-40-38-27-25-23-21-19-17-15-13-11-9-7-2/h8,10,14,16,19-22,25-28,40,42,64H,6-7,9,11-13,15,17-18,23-24,29-39,41,43-63H2,1-5H3/b10-8-,16-14-,21-19-,22-20-,27-25-,28-26-,42-40-. The SMILES string of the molecule is CC/C=C\C/C=C\C/C=C\C/C=C\CCCCCCCCCCCCCCCCCCCCC(=O)OC(COC(=O)CCCCCCCC/C=C\C/C=C\C/C=C\CCCCCCC)COP(=O)([O-])OCC[N+](C)(C)C. The van der Waals surface area contributed by atoms with Crippen LogP contribution in [0.5, 0.6) is 0 Å². The van der Waals surface area contributed by atoms with E-state index in [1.807, 2.05) is 21.1 Å². The molecule has 0 saturated heterocycles. The van der Waals surface area contributed by atoms with Crippen molar-refractivity contribution >= 4 is 19.8 Å². The topological polar surface area (TPSA) is 111 Å². The van der Waals surface area contributed by atoms with Crippen molar-refractivity contribution in [3.05, 3.63) is 85.1 Å². The van der Waals surface area contributed by atoms with E-state index in [1.54, 1.807) is 0 Å². The minimum Gasteiger partial charge on any atom is -0.756 e. The summed E-state index contributed by atoms with van der Waals surface area (Å²) in [5.41, 5.74) is 0. The fourth-order valence-corrected chi connectivity index (χ4v) is 9.33. The zero-order valence-electron chi connectivity index (χ0n) is 49.9. The average Bonchev–Trinajstić information content (AvgIpc) is 3.38. The van der Waals surface area contributed by atoms with Crippen molar-refractivity contribution in [2.75, 3.05) is 47.5 Å². The molecule has 0 heterocycles. The van der Waals surface area contributed by atoms with E-state index < -0.39 is 32.5 Å². The highest BCUT2D eigenvalue weighted by Crippen LogP contribution is 2.38. The lowest BCUT2D eigenvalue weighted by atomic mass is 10.0. The Labute approximate surface area is 469 Å².